The molecule has 0 bridgehead atoms. The van der Waals surface area contributed by atoms with Crippen molar-refractivity contribution in [2.75, 3.05) is 42.0 Å². The third kappa shape index (κ3) is 6.13. The minimum absolute atomic E-state index is 0.0269. The van der Waals surface area contributed by atoms with Crippen molar-refractivity contribution in [3.8, 4) is 0 Å². The van der Waals surface area contributed by atoms with Crippen LogP contribution in [0.25, 0.3) is 6.08 Å². The highest BCUT2D eigenvalue weighted by Crippen LogP contribution is 2.28. The summed E-state index contributed by atoms with van der Waals surface area (Å²) in [7, 11) is 0. The van der Waals surface area contributed by atoms with Crippen molar-refractivity contribution in [3.05, 3.63) is 90.3 Å². The molecule has 2 aliphatic rings. The summed E-state index contributed by atoms with van der Waals surface area (Å²) in [6.07, 6.45) is 6.92. The van der Waals surface area contributed by atoms with Crippen molar-refractivity contribution in [1.29, 1.82) is 0 Å². The van der Waals surface area contributed by atoms with Crippen LogP contribution in [0, 0.1) is 0 Å². The standard InChI is InChI=1S/C26H24N6O4S/c33-23(28-24-18-31(29-36-24)30-14-16-35-17-15-30)19-37-26-27-22(13-7-10-20-8-3-1-4-9-20)25(34)32(26)21-11-5-2-6-12-21/h1-13,18H,14-17,19H2/b10-7+,22-13+. The quantitative estimate of drug-likeness (QED) is 0.205. The highest BCUT2D eigenvalue weighted by Gasteiger charge is 2.31. The number of benzene rings is 2. The van der Waals surface area contributed by atoms with E-state index >= 15 is 0 Å². The summed E-state index contributed by atoms with van der Waals surface area (Å²) in [6, 6.07) is 19.0. The number of amidine groups is 1. The van der Waals surface area contributed by atoms with Gasteiger partial charge in [-0.1, -0.05) is 72.4 Å². The smallest absolute Gasteiger partial charge is 0.324 e. The van der Waals surface area contributed by atoms with Crippen molar-refractivity contribution in [2.45, 2.75) is 0 Å². The number of rotatable bonds is 7. The molecule has 1 aromatic heterocycles. The summed E-state index contributed by atoms with van der Waals surface area (Å²) >= 11 is 1.14. The molecular weight excluding hydrogens is 492 g/mol. The normalized spacial score (nSPS) is 17.7. The molecule has 3 heterocycles. The van der Waals surface area contributed by atoms with Crippen molar-refractivity contribution >= 4 is 46.4 Å². The zero-order valence-electron chi connectivity index (χ0n) is 19.8. The Morgan fingerprint density at radius 2 is 1.84 bits per heavy atom. The van der Waals surface area contributed by atoms with E-state index in [4.69, 9.17) is 9.26 Å². The summed E-state index contributed by atoms with van der Waals surface area (Å²) in [5, 5.41) is 18.8. The van der Waals surface area contributed by atoms with Gasteiger partial charge in [0.05, 0.1) is 36.8 Å². The first-order valence-electron chi connectivity index (χ1n) is 11.7. The van der Waals surface area contributed by atoms with Gasteiger partial charge in [-0.2, -0.15) is 0 Å². The SMILES string of the molecule is O=C1/C(=C\C=C\c2ccccc2)N=C(SC/C([O-])=N/c2c[n+](N3CCOCC3)no2)N1c1ccccc1. The number of ether oxygens (including phenoxy) is 1. The number of thioether (sulfide) groups is 1. The first kappa shape index (κ1) is 24.5. The number of hydrogen-bond donors (Lipinski definition) is 0. The monoisotopic (exact) mass is 516 g/mol. The number of carbonyl (C=O) groups excluding carboxylic acids is 1. The van der Waals surface area contributed by atoms with E-state index in [1.165, 1.54) is 9.69 Å². The zero-order valence-corrected chi connectivity index (χ0v) is 20.7. The van der Waals surface area contributed by atoms with Gasteiger partial charge in [-0.3, -0.25) is 14.2 Å². The Hall–Kier alpha value is -4.22. The van der Waals surface area contributed by atoms with Gasteiger partial charge in [0, 0.05) is 5.75 Å². The Morgan fingerprint density at radius 1 is 1.11 bits per heavy atom. The fraction of sp³-hybridized carbons (Fsp3) is 0.192. The molecule has 0 saturated carbocycles. The largest absolute Gasteiger partial charge is 0.861 e. The minimum Gasteiger partial charge on any atom is -0.861 e. The van der Waals surface area contributed by atoms with Gasteiger partial charge in [-0.25, -0.2) is 9.98 Å². The van der Waals surface area contributed by atoms with Crippen molar-refractivity contribution < 1.29 is 24.0 Å². The van der Waals surface area contributed by atoms with Gasteiger partial charge in [0.15, 0.2) is 5.17 Å². The van der Waals surface area contributed by atoms with Crippen LogP contribution in [-0.2, 0) is 9.53 Å². The van der Waals surface area contributed by atoms with E-state index in [1.807, 2.05) is 71.7 Å². The Balaban J connectivity index is 1.30. The van der Waals surface area contributed by atoms with Crippen LogP contribution in [-0.4, -0.2) is 54.3 Å². The average molecular weight is 517 g/mol. The van der Waals surface area contributed by atoms with Gasteiger partial charge in [0.1, 0.15) is 5.70 Å². The summed E-state index contributed by atoms with van der Waals surface area (Å²) < 4.78 is 10.5. The minimum atomic E-state index is -0.431. The molecule has 10 nitrogen and oxygen atoms in total. The van der Waals surface area contributed by atoms with Gasteiger partial charge in [0.25, 0.3) is 12.1 Å². The van der Waals surface area contributed by atoms with E-state index in [-0.39, 0.29) is 23.2 Å². The molecule has 0 unspecified atom stereocenters. The van der Waals surface area contributed by atoms with E-state index in [0.29, 0.717) is 37.2 Å². The Labute approximate surface area is 217 Å². The molecule has 2 aromatic carbocycles. The molecule has 37 heavy (non-hydrogen) atoms. The first-order valence-corrected chi connectivity index (χ1v) is 12.7. The number of aliphatic imine (C=N–C) groups is 2. The fourth-order valence-electron chi connectivity index (χ4n) is 3.68. The number of anilines is 1. The molecule has 11 heteroatoms. The maximum absolute atomic E-state index is 13.2. The van der Waals surface area contributed by atoms with E-state index in [9.17, 15) is 9.90 Å². The van der Waals surface area contributed by atoms with Gasteiger partial charge >= 0.3 is 5.88 Å². The van der Waals surface area contributed by atoms with E-state index < -0.39 is 5.90 Å². The van der Waals surface area contributed by atoms with Crippen LogP contribution in [0.1, 0.15) is 5.56 Å². The molecule has 0 N–H and O–H groups in total. The topological polar surface area (TPSA) is 110 Å². The molecule has 0 atom stereocenters. The van der Waals surface area contributed by atoms with Gasteiger partial charge in [0.2, 0.25) is 5.27 Å². The maximum atomic E-state index is 13.2. The van der Waals surface area contributed by atoms with Crippen molar-refractivity contribution in [2.24, 2.45) is 9.98 Å². The molecule has 188 valence electrons. The average Bonchev–Trinajstić information content (AvgIpc) is 3.53. The maximum Gasteiger partial charge on any atom is 0.324 e. The second kappa shape index (κ2) is 11.7. The molecule has 3 aromatic rings. The van der Waals surface area contributed by atoms with Crippen LogP contribution in [0.4, 0.5) is 11.6 Å². The number of aromatic nitrogens is 2. The van der Waals surface area contributed by atoms with Crippen LogP contribution in [0.2, 0.25) is 0 Å². The molecule has 5 rings (SSSR count). The Morgan fingerprint density at radius 3 is 2.59 bits per heavy atom. The predicted molar refractivity (Wildman–Crippen MR) is 140 cm³/mol. The molecule has 1 saturated heterocycles. The molecule has 2 aliphatic heterocycles. The van der Waals surface area contributed by atoms with Crippen LogP contribution in [0.3, 0.4) is 0 Å². The lowest BCUT2D eigenvalue weighted by Gasteiger charge is -2.18. The van der Waals surface area contributed by atoms with E-state index in [2.05, 4.69) is 15.3 Å². The lowest BCUT2D eigenvalue weighted by atomic mass is 10.2. The molecule has 0 aliphatic carbocycles. The second-order valence-corrected chi connectivity index (χ2v) is 8.96. The third-order valence-corrected chi connectivity index (χ3v) is 6.39. The number of carbonyl (C=O) groups is 1. The Kier molecular flexibility index (Phi) is 7.72. The van der Waals surface area contributed by atoms with E-state index in [0.717, 1.165) is 17.3 Å². The number of para-hydroxylation sites is 1. The zero-order chi connectivity index (χ0) is 25.5. The second-order valence-electron chi connectivity index (χ2n) is 8.01. The highest BCUT2D eigenvalue weighted by molar-refractivity contribution is 8.14. The summed E-state index contributed by atoms with van der Waals surface area (Å²) in [4.78, 5) is 24.7. The van der Waals surface area contributed by atoms with Crippen LogP contribution >= 0.6 is 11.8 Å². The van der Waals surface area contributed by atoms with Crippen LogP contribution < -0.4 is 19.8 Å². The molecule has 0 spiro atoms. The third-order valence-electron chi connectivity index (χ3n) is 5.47. The number of allylic oxidation sites excluding steroid dienone is 2. The number of nitrogens with zero attached hydrogens (tertiary/aromatic N) is 6. The lowest BCUT2D eigenvalue weighted by molar-refractivity contribution is -0.759. The predicted octanol–water partition coefficient (Wildman–Crippen LogP) is 2.05. The molecular formula is C26H24N6O4S. The molecule has 1 fully saturated rings. The van der Waals surface area contributed by atoms with Gasteiger partial charge < -0.3 is 9.84 Å². The lowest BCUT2D eigenvalue weighted by Crippen LogP contribution is -2.62. The molecule has 1 amide bonds. The summed E-state index contributed by atoms with van der Waals surface area (Å²) in [5.41, 5.74) is 1.96. The van der Waals surface area contributed by atoms with Gasteiger partial charge in [-0.05, 0) is 29.7 Å². The summed E-state index contributed by atoms with van der Waals surface area (Å²) in [5.74, 6) is -0.619. The first-order chi connectivity index (χ1) is 18.2. The summed E-state index contributed by atoms with van der Waals surface area (Å²) in [6.45, 7) is 2.53. The van der Waals surface area contributed by atoms with Crippen LogP contribution in [0.5, 0.6) is 0 Å². The fourth-order valence-corrected chi connectivity index (χ4v) is 4.48. The van der Waals surface area contributed by atoms with Crippen molar-refractivity contribution in [3.63, 3.8) is 0 Å². The van der Waals surface area contributed by atoms with E-state index in [1.54, 1.807) is 18.3 Å². The van der Waals surface area contributed by atoms with Gasteiger partial charge in [-0.15, -0.1) is 5.01 Å². The number of hydrogen-bond acceptors (Lipinski definition) is 9. The van der Waals surface area contributed by atoms with Crippen molar-refractivity contribution in [1.82, 2.24) is 5.27 Å². The Bertz CT molecular complexity index is 1350. The number of amides is 1. The highest BCUT2D eigenvalue weighted by atomic mass is 32.2. The molecule has 0 radical (unpaired) electrons. The number of morpholine rings is 1. The van der Waals surface area contributed by atoms with Crippen LogP contribution in [0.15, 0.2) is 99.2 Å².